The molecule has 1 saturated heterocycles. The zero-order chi connectivity index (χ0) is 18.0. The molecule has 1 aliphatic heterocycles. The number of carbonyl (C=O) groups is 2. The first-order valence-corrected chi connectivity index (χ1v) is 8.78. The fourth-order valence-electron chi connectivity index (χ4n) is 3.31. The first-order chi connectivity index (χ1) is 12.0. The molecule has 0 unspecified atom stereocenters. The molecule has 25 heavy (non-hydrogen) atoms. The smallest absolute Gasteiger partial charge is 0.239 e. The van der Waals surface area contributed by atoms with Crippen molar-refractivity contribution in [2.75, 3.05) is 16.8 Å². The summed E-state index contributed by atoms with van der Waals surface area (Å²) in [6.45, 7) is 6.60. The zero-order valence-corrected chi connectivity index (χ0v) is 15.0. The van der Waals surface area contributed by atoms with Gasteiger partial charge in [0, 0.05) is 17.9 Å². The number of amides is 2. The van der Waals surface area contributed by atoms with Gasteiger partial charge in [0.1, 0.15) is 5.92 Å². The van der Waals surface area contributed by atoms with E-state index in [2.05, 4.69) is 12.2 Å². The highest BCUT2D eigenvalue weighted by molar-refractivity contribution is 6.13. The van der Waals surface area contributed by atoms with E-state index in [0.29, 0.717) is 13.0 Å². The Labute approximate surface area is 148 Å². The third-order valence-corrected chi connectivity index (χ3v) is 4.91. The highest BCUT2D eigenvalue weighted by atomic mass is 16.2. The summed E-state index contributed by atoms with van der Waals surface area (Å²) < 4.78 is 0. The van der Waals surface area contributed by atoms with E-state index in [1.54, 1.807) is 4.90 Å². The average molecular weight is 336 g/mol. The third kappa shape index (κ3) is 3.43. The standard InChI is InChI=1S/C21H24N2O2/c1-4-16-8-10-17(11-9-16)23-13-12-18(21(23)25)20(24)22-19-14(2)6-5-7-15(19)3/h5-11,18H,4,12-13H2,1-3H3,(H,22,24)/t18-/m1/s1. The lowest BCUT2D eigenvalue weighted by Crippen LogP contribution is -2.33. The summed E-state index contributed by atoms with van der Waals surface area (Å²) in [6.07, 6.45) is 1.51. The lowest BCUT2D eigenvalue weighted by molar-refractivity contribution is -0.129. The lowest BCUT2D eigenvalue weighted by Gasteiger charge is -2.18. The Morgan fingerprint density at radius 1 is 1.12 bits per heavy atom. The molecule has 4 nitrogen and oxygen atoms in total. The molecular weight excluding hydrogens is 312 g/mol. The van der Waals surface area contributed by atoms with Crippen LogP contribution in [0.25, 0.3) is 0 Å². The van der Waals surface area contributed by atoms with Crippen molar-refractivity contribution in [2.45, 2.75) is 33.6 Å². The van der Waals surface area contributed by atoms with Crippen LogP contribution in [-0.2, 0) is 16.0 Å². The van der Waals surface area contributed by atoms with Crippen LogP contribution in [0.5, 0.6) is 0 Å². The van der Waals surface area contributed by atoms with Crippen molar-refractivity contribution in [2.24, 2.45) is 5.92 Å². The summed E-state index contributed by atoms with van der Waals surface area (Å²) in [5.41, 5.74) is 4.92. The van der Waals surface area contributed by atoms with Gasteiger partial charge >= 0.3 is 0 Å². The maximum absolute atomic E-state index is 12.7. The Balaban J connectivity index is 1.73. The molecule has 1 fully saturated rings. The van der Waals surface area contributed by atoms with Gasteiger partial charge in [-0.25, -0.2) is 0 Å². The molecule has 2 aromatic rings. The molecule has 0 bridgehead atoms. The fourth-order valence-corrected chi connectivity index (χ4v) is 3.31. The summed E-state index contributed by atoms with van der Waals surface area (Å²) >= 11 is 0. The van der Waals surface area contributed by atoms with E-state index in [0.717, 1.165) is 28.9 Å². The van der Waals surface area contributed by atoms with Gasteiger partial charge in [0.2, 0.25) is 11.8 Å². The average Bonchev–Trinajstić information content (AvgIpc) is 3.00. The summed E-state index contributed by atoms with van der Waals surface area (Å²) in [4.78, 5) is 27.1. The molecule has 1 N–H and O–H groups in total. The normalized spacial score (nSPS) is 17.0. The summed E-state index contributed by atoms with van der Waals surface area (Å²) in [6, 6.07) is 13.9. The zero-order valence-electron chi connectivity index (χ0n) is 15.0. The van der Waals surface area contributed by atoms with Crippen LogP contribution in [0.4, 0.5) is 11.4 Å². The van der Waals surface area contributed by atoms with Crippen LogP contribution < -0.4 is 10.2 Å². The molecule has 1 aliphatic rings. The Morgan fingerprint density at radius 3 is 2.36 bits per heavy atom. The number of hydrogen-bond donors (Lipinski definition) is 1. The molecule has 2 aromatic carbocycles. The van der Waals surface area contributed by atoms with Crippen LogP contribution in [0.15, 0.2) is 42.5 Å². The summed E-state index contributed by atoms with van der Waals surface area (Å²) in [5.74, 6) is -0.951. The van der Waals surface area contributed by atoms with Gasteiger partial charge in [0.15, 0.2) is 0 Å². The molecule has 2 amide bonds. The number of nitrogens with one attached hydrogen (secondary N) is 1. The maximum Gasteiger partial charge on any atom is 0.239 e. The minimum absolute atomic E-state index is 0.118. The minimum Gasteiger partial charge on any atom is -0.325 e. The molecule has 0 aliphatic carbocycles. The van der Waals surface area contributed by atoms with Crippen LogP contribution in [0.2, 0.25) is 0 Å². The number of carbonyl (C=O) groups excluding carboxylic acids is 2. The van der Waals surface area contributed by atoms with Crippen molar-refractivity contribution in [1.29, 1.82) is 0 Å². The van der Waals surface area contributed by atoms with E-state index in [9.17, 15) is 9.59 Å². The van der Waals surface area contributed by atoms with Crippen LogP contribution in [0.3, 0.4) is 0 Å². The molecule has 0 spiro atoms. The maximum atomic E-state index is 12.7. The van der Waals surface area contributed by atoms with Crippen molar-refractivity contribution in [3.8, 4) is 0 Å². The predicted octanol–water partition coefficient (Wildman–Crippen LogP) is 3.86. The van der Waals surface area contributed by atoms with E-state index in [1.165, 1.54) is 5.56 Å². The monoisotopic (exact) mass is 336 g/mol. The van der Waals surface area contributed by atoms with Crippen molar-refractivity contribution in [1.82, 2.24) is 0 Å². The number of rotatable bonds is 4. The lowest BCUT2D eigenvalue weighted by atomic mass is 10.1. The van der Waals surface area contributed by atoms with Gasteiger partial charge in [-0.15, -0.1) is 0 Å². The van der Waals surface area contributed by atoms with E-state index < -0.39 is 5.92 Å². The van der Waals surface area contributed by atoms with Crippen molar-refractivity contribution < 1.29 is 9.59 Å². The SMILES string of the molecule is CCc1ccc(N2CC[C@H](C(=O)Nc3c(C)cccc3C)C2=O)cc1. The Kier molecular flexibility index (Phi) is 4.88. The van der Waals surface area contributed by atoms with Gasteiger partial charge in [-0.05, 0) is 55.5 Å². The van der Waals surface area contributed by atoms with Gasteiger partial charge < -0.3 is 10.2 Å². The Bertz CT molecular complexity index is 776. The predicted molar refractivity (Wildman–Crippen MR) is 101 cm³/mol. The molecule has 0 aromatic heterocycles. The van der Waals surface area contributed by atoms with Crippen molar-refractivity contribution >= 4 is 23.2 Å². The number of benzene rings is 2. The molecule has 130 valence electrons. The number of para-hydroxylation sites is 1. The molecule has 0 radical (unpaired) electrons. The Hall–Kier alpha value is -2.62. The number of anilines is 2. The highest BCUT2D eigenvalue weighted by Crippen LogP contribution is 2.28. The van der Waals surface area contributed by atoms with Gasteiger partial charge in [0.25, 0.3) is 0 Å². The number of aryl methyl sites for hydroxylation is 3. The second kappa shape index (κ2) is 7.09. The highest BCUT2D eigenvalue weighted by Gasteiger charge is 2.37. The van der Waals surface area contributed by atoms with Gasteiger partial charge in [0.05, 0.1) is 0 Å². The van der Waals surface area contributed by atoms with E-state index in [1.807, 2.05) is 56.3 Å². The fraction of sp³-hybridized carbons (Fsp3) is 0.333. The molecule has 0 saturated carbocycles. The Morgan fingerprint density at radius 2 is 1.76 bits per heavy atom. The summed E-state index contributed by atoms with van der Waals surface area (Å²) in [7, 11) is 0. The first-order valence-electron chi connectivity index (χ1n) is 8.78. The minimum atomic E-state index is -0.621. The van der Waals surface area contributed by atoms with Crippen LogP contribution in [0.1, 0.15) is 30.0 Å². The van der Waals surface area contributed by atoms with Crippen LogP contribution >= 0.6 is 0 Å². The van der Waals surface area contributed by atoms with Crippen LogP contribution in [0, 0.1) is 19.8 Å². The van der Waals surface area contributed by atoms with Crippen molar-refractivity contribution in [3.05, 3.63) is 59.2 Å². The van der Waals surface area contributed by atoms with E-state index in [4.69, 9.17) is 0 Å². The second-order valence-electron chi connectivity index (χ2n) is 6.61. The molecule has 4 heteroatoms. The van der Waals surface area contributed by atoms with E-state index >= 15 is 0 Å². The number of nitrogens with zero attached hydrogens (tertiary/aromatic N) is 1. The largest absolute Gasteiger partial charge is 0.325 e. The molecule has 1 atom stereocenters. The van der Waals surface area contributed by atoms with Crippen LogP contribution in [-0.4, -0.2) is 18.4 Å². The molecular formula is C21H24N2O2. The first kappa shape index (κ1) is 17.2. The van der Waals surface area contributed by atoms with Crippen molar-refractivity contribution in [3.63, 3.8) is 0 Å². The van der Waals surface area contributed by atoms with Gasteiger partial charge in [-0.1, -0.05) is 37.3 Å². The topological polar surface area (TPSA) is 49.4 Å². The second-order valence-corrected chi connectivity index (χ2v) is 6.61. The van der Waals surface area contributed by atoms with E-state index in [-0.39, 0.29) is 11.8 Å². The molecule has 3 rings (SSSR count). The summed E-state index contributed by atoms with van der Waals surface area (Å²) in [5, 5.41) is 2.95. The van der Waals surface area contributed by atoms with Gasteiger partial charge in [-0.2, -0.15) is 0 Å². The molecule has 1 heterocycles. The number of hydrogen-bond acceptors (Lipinski definition) is 2. The third-order valence-electron chi connectivity index (χ3n) is 4.91. The van der Waals surface area contributed by atoms with Gasteiger partial charge in [-0.3, -0.25) is 9.59 Å². The quantitative estimate of drug-likeness (QED) is 0.862.